The molecule has 4 heteroatoms. The summed E-state index contributed by atoms with van der Waals surface area (Å²) in [6, 6.07) is 15.0. The first kappa shape index (κ1) is 12.3. The fourth-order valence-electron chi connectivity index (χ4n) is 2.06. The van der Waals surface area contributed by atoms with E-state index in [0.717, 1.165) is 11.4 Å². The normalized spacial score (nSPS) is 10.4. The Hall–Kier alpha value is -2.75. The van der Waals surface area contributed by atoms with Crippen LogP contribution < -0.4 is 5.32 Å². The number of rotatable bonds is 4. The molecule has 0 aliphatic heterocycles. The molecular formula is C16H14N2O2. The average molecular weight is 266 g/mol. The molecule has 0 unspecified atom stereocenters. The largest absolute Gasteiger partial charge is 0.467 e. The Labute approximate surface area is 116 Å². The molecule has 20 heavy (non-hydrogen) atoms. The van der Waals surface area contributed by atoms with Crippen LogP contribution in [0.5, 0.6) is 0 Å². The van der Waals surface area contributed by atoms with Crippen molar-refractivity contribution in [3.63, 3.8) is 0 Å². The van der Waals surface area contributed by atoms with Crippen molar-refractivity contribution in [2.45, 2.75) is 6.54 Å². The lowest BCUT2D eigenvalue weighted by molar-refractivity contribution is 0.0948. The first-order valence-corrected chi connectivity index (χ1v) is 6.37. The summed E-state index contributed by atoms with van der Waals surface area (Å²) in [5.41, 5.74) is 1.49. The maximum absolute atomic E-state index is 12.3. The monoisotopic (exact) mass is 266 g/mol. The van der Waals surface area contributed by atoms with Gasteiger partial charge in [0, 0.05) is 12.4 Å². The van der Waals surface area contributed by atoms with E-state index in [-0.39, 0.29) is 5.91 Å². The Morgan fingerprint density at radius 3 is 2.60 bits per heavy atom. The van der Waals surface area contributed by atoms with Crippen LogP contribution >= 0.6 is 0 Å². The molecule has 0 aliphatic carbocycles. The maximum Gasteiger partial charge on any atom is 0.253 e. The molecule has 2 aromatic heterocycles. The van der Waals surface area contributed by atoms with Crippen molar-refractivity contribution < 1.29 is 9.21 Å². The van der Waals surface area contributed by atoms with Crippen molar-refractivity contribution in [1.82, 2.24) is 9.88 Å². The zero-order chi connectivity index (χ0) is 13.8. The highest BCUT2D eigenvalue weighted by Gasteiger charge is 2.11. The van der Waals surface area contributed by atoms with E-state index in [0.29, 0.717) is 12.1 Å². The predicted octanol–water partition coefficient (Wildman–Crippen LogP) is 3.00. The molecule has 0 saturated carbocycles. The number of hydrogen-bond acceptors (Lipinski definition) is 2. The van der Waals surface area contributed by atoms with E-state index in [2.05, 4.69) is 5.32 Å². The Morgan fingerprint density at radius 1 is 1.05 bits per heavy atom. The third kappa shape index (κ3) is 2.49. The number of para-hydroxylation sites is 1. The molecule has 1 N–H and O–H groups in total. The third-order valence-electron chi connectivity index (χ3n) is 3.03. The van der Waals surface area contributed by atoms with Gasteiger partial charge < -0.3 is 14.3 Å². The number of amides is 1. The van der Waals surface area contributed by atoms with Crippen LogP contribution in [0.15, 0.2) is 71.6 Å². The number of benzene rings is 1. The Balaban J connectivity index is 1.81. The molecule has 0 aliphatic rings. The lowest BCUT2D eigenvalue weighted by atomic mass is 10.1. The van der Waals surface area contributed by atoms with Gasteiger partial charge in [0.1, 0.15) is 5.76 Å². The molecule has 3 rings (SSSR count). The molecule has 0 fully saturated rings. The lowest BCUT2D eigenvalue weighted by Crippen LogP contribution is -2.23. The van der Waals surface area contributed by atoms with Gasteiger partial charge in [0.05, 0.1) is 24.1 Å². The second-order valence-electron chi connectivity index (χ2n) is 4.37. The van der Waals surface area contributed by atoms with E-state index in [9.17, 15) is 4.79 Å². The molecule has 0 radical (unpaired) electrons. The summed E-state index contributed by atoms with van der Waals surface area (Å²) in [6.07, 6.45) is 5.42. The SMILES string of the molecule is O=C(NCc1ccco1)c1ccccc1-n1cccc1. The maximum atomic E-state index is 12.3. The second kappa shape index (κ2) is 5.48. The van der Waals surface area contributed by atoms with E-state index in [1.807, 2.05) is 59.4 Å². The molecule has 100 valence electrons. The van der Waals surface area contributed by atoms with Crippen molar-refractivity contribution in [1.29, 1.82) is 0 Å². The van der Waals surface area contributed by atoms with Crippen LogP contribution in [0, 0.1) is 0 Å². The summed E-state index contributed by atoms with van der Waals surface area (Å²) in [5, 5.41) is 2.86. The summed E-state index contributed by atoms with van der Waals surface area (Å²) >= 11 is 0. The highest BCUT2D eigenvalue weighted by atomic mass is 16.3. The molecule has 0 saturated heterocycles. The lowest BCUT2D eigenvalue weighted by Gasteiger charge is -2.10. The number of carbonyl (C=O) groups is 1. The quantitative estimate of drug-likeness (QED) is 0.789. The zero-order valence-corrected chi connectivity index (χ0v) is 10.8. The van der Waals surface area contributed by atoms with Crippen LogP contribution in [0.4, 0.5) is 0 Å². The van der Waals surface area contributed by atoms with Crippen LogP contribution in [0.1, 0.15) is 16.1 Å². The number of nitrogens with one attached hydrogen (secondary N) is 1. The molecule has 1 amide bonds. The van der Waals surface area contributed by atoms with Crippen molar-refractivity contribution in [3.05, 3.63) is 78.5 Å². The first-order valence-electron chi connectivity index (χ1n) is 6.37. The van der Waals surface area contributed by atoms with E-state index < -0.39 is 0 Å². The van der Waals surface area contributed by atoms with Crippen molar-refractivity contribution in [3.8, 4) is 5.69 Å². The van der Waals surface area contributed by atoms with E-state index in [1.54, 1.807) is 12.3 Å². The van der Waals surface area contributed by atoms with Gasteiger partial charge in [-0.3, -0.25) is 4.79 Å². The Bertz CT molecular complexity index is 685. The minimum Gasteiger partial charge on any atom is -0.467 e. The predicted molar refractivity (Wildman–Crippen MR) is 75.6 cm³/mol. The smallest absolute Gasteiger partial charge is 0.253 e. The second-order valence-corrected chi connectivity index (χ2v) is 4.37. The van der Waals surface area contributed by atoms with Gasteiger partial charge in [0.15, 0.2) is 0 Å². The van der Waals surface area contributed by atoms with Crippen LogP contribution in [0.25, 0.3) is 5.69 Å². The fourth-order valence-corrected chi connectivity index (χ4v) is 2.06. The summed E-state index contributed by atoms with van der Waals surface area (Å²) in [6.45, 7) is 0.381. The minimum absolute atomic E-state index is 0.120. The standard InChI is InChI=1S/C16H14N2O2/c19-16(17-12-13-6-5-11-20-13)14-7-1-2-8-15(14)18-9-3-4-10-18/h1-11H,12H2,(H,17,19). The number of hydrogen-bond donors (Lipinski definition) is 1. The van der Waals surface area contributed by atoms with Gasteiger partial charge in [-0.05, 0) is 36.4 Å². The summed E-state index contributed by atoms with van der Waals surface area (Å²) in [5.74, 6) is 0.613. The van der Waals surface area contributed by atoms with Crippen LogP contribution in [0.3, 0.4) is 0 Å². The topological polar surface area (TPSA) is 47.2 Å². The van der Waals surface area contributed by atoms with Crippen molar-refractivity contribution in [2.24, 2.45) is 0 Å². The first-order chi connectivity index (χ1) is 9.84. The zero-order valence-electron chi connectivity index (χ0n) is 10.8. The molecular weight excluding hydrogens is 252 g/mol. The van der Waals surface area contributed by atoms with Gasteiger partial charge in [0.2, 0.25) is 0 Å². The van der Waals surface area contributed by atoms with Gasteiger partial charge in [-0.25, -0.2) is 0 Å². The highest BCUT2D eigenvalue weighted by molar-refractivity contribution is 5.97. The molecule has 0 spiro atoms. The highest BCUT2D eigenvalue weighted by Crippen LogP contribution is 2.14. The Morgan fingerprint density at radius 2 is 1.85 bits per heavy atom. The summed E-state index contributed by atoms with van der Waals surface area (Å²) in [4.78, 5) is 12.3. The van der Waals surface area contributed by atoms with Gasteiger partial charge in [-0.1, -0.05) is 12.1 Å². The number of aromatic nitrogens is 1. The van der Waals surface area contributed by atoms with Gasteiger partial charge in [0.25, 0.3) is 5.91 Å². The van der Waals surface area contributed by atoms with Crippen LogP contribution in [0.2, 0.25) is 0 Å². The van der Waals surface area contributed by atoms with Crippen LogP contribution in [-0.4, -0.2) is 10.5 Å². The number of nitrogens with zero attached hydrogens (tertiary/aromatic N) is 1. The molecule has 0 atom stereocenters. The fraction of sp³-hybridized carbons (Fsp3) is 0.0625. The molecule has 0 bridgehead atoms. The van der Waals surface area contributed by atoms with Gasteiger partial charge in [-0.15, -0.1) is 0 Å². The molecule has 2 heterocycles. The van der Waals surface area contributed by atoms with Gasteiger partial charge in [-0.2, -0.15) is 0 Å². The number of carbonyl (C=O) groups excluding carboxylic acids is 1. The minimum atomic E-state index is -0.120. The van der Waals surface area contributed by atoms with E-state index in [1.165, 1.54) is 0 Å². The van der Waals surface area contributed by atoms with Crippen LogP contribution in [-0.2, 0) is 6.54 Å². The number of furan rings is 1. The van der Waals surface area contributed by atoms with Gasteiger partial charge >= 0.3 is 0 Å². The summed E-state index contributed by atoms with van der Waals surface area (Å²) in [7, 11) is 0. The van der Waals surface area contributed by atoms with Crippen molar-refractivity contribution in [2.75, 3.05) is 0 Å². The van der Waals surface area contributed by atoms with E-state index in [4.69, 9.17) is 4.42 Å². The molecule has 1 aromatic carbocycles. The third-order valence-corrected chi connectivity index (χ3v) is 3.03. The molecule has 3 aromatic rings. The van der Waals surface area contributed by atoms with E-state index >= 15 is 0 Å². The summed E-state index contributed by atoms with van der Waals surface area (Å²) < 4.78 is 7.12. The molecule has 4 nitrogen and oxygen atoms in total. The Kier molecular flexibility index (Phi) is 3.37. The average Bonchev–Trinajstić information content (AvgIpc) is 3.18. The van der Waals surface area contributed by atoms with Crippen molar-refractivity contribution >= 4 is 5.91 Å².